The number of hydrogen-bond donors (Lipinski definition) is 1. The van der Waals surface area contributed by atoms with Crippen molar-refractivity contribution in [2.24, 2.45) is 35.0 Å². The summed E-state index contributed by atoms with van der Waals surface area (Å²) in [7, 11) is 0. The molecule has 1 amide bonds. The molecule has 5 heteroatoms. The molecule has 0 radical (unpaired) electrons. The van der Waals surface area contributed by atoms with Crippen LogP contribution in [-0.2, 0) is 14.3 Å². The SMILES string of the molecule is C[C@]12CC[C@H](OCC(=O)O)CC1CC[C@@H]1[C@@H]2CC[C@@]2(C)[C@H]1CCCN2C(=O)C1CCCCC1. The Labute approximate surface area is 200 Å². The minimum Gasteiger partial charge on any atom is -0.480 e. The number of ether oxygens (including phenoxy) is 1. The zero-order chi connectivity index (χ0) is 23.2. The molecule has 186 valence electrons. The molecule has 1 heterocycles. The molecule has 4 saturated carbocycles. The monoisotopic (exact) mass is 459 g/mol. The Bertz CT molecular complexity index is 748. The molecule has 5 fully saturated rings. The van der Waals surface area contributed by atoms with Gasteiger partial charge in [-0.3, -0.25) is 4.79 Å². The average molecular weight is 460 g/mol. The van der Waals surface area contributed by atoms with Gasteiger partial charge in [0.1, 0.15) is 6.61 Å². The Hall–Kier alpha value is -1.10. The number of hydrogen-bond acceptors (Lipinski definition) is 3. The number of amides is 1. The summed E-state index contributed by atoms with van der Waals surface area (Å²) in [5.41, 5.74) is 0.405. The molecule has 7 atom stereocenters. The molecule has 0 aromatic rings. The molecule has 5 nitrogen and oxygen atoms in total. The second-order valence-corrected chi connectivity index (χ2v) is 12.6. The van der Waals surface area contributed by atoms with E-state index in [1.165, 1.54) is 57.8 Å². The smallest absolute Gasteiger partial charge is 0.329 e. The van der Waals surface area contributed by atoms with Crippen molar-refractivity contribution in [1.82, 2.24) is 4.90 Å². The van der Waals surface area contributed by atoms with Crippen LogP contribution in [0.25, 0.3) is 0 Å². The van der Waals surface area contributed by atoms with Crippen LogP contribution in [0.4, 0.5) is 0 Å². The van der Waals surface area contributed by atoms with Crippen molar-refractivity contribution in [3.05, 3.63) is 0 Å². The summed E-state index contributed by atoms with van der Waals surface area (Å²) in [5, 5.41) is 9.01. The van der Waals surface area contributed by atoms with Crippen LogP contribution in [0.1, 0.15) is 104 Å². The fourth-order valence-electron chi connectivity index (χ4n) is 9.38. The van der Waals surface area contributed by atoms with Gasteiger partial charge in [0, 0.05) is 18.0 Å². The maximum Gasteiger partial charge on any atom is 0.329 e. The highest BCUT2D eigenvalue weighted by atomic mass is 16.5. The van der Waals surface area contributed by atoms with E-state index in [4.69, 9.17) is 9.84 Å². The van der Waals surface area contributed by atoms with Crippen LogP contribution in [0.2, 0.25) is 0 Å². The van der Waals surface area contributed by atoms with Gasteiger partial charge in [-0.2, -0.15) is 0 Å². The number of fused-ring (bicyclic) bond motifs is 5. The highest BCUT2D eigenvalue weighted by Crippen LogP contribution is 2.63. The molecular formula is C28H45NO4. The van der Waals surface area contributed by atoms with Gasteiger partial charge in [0.15, 0.2) is 0 Å². The fourth-order valence-corrected chi connectivity index (χ4v) is 9.38. The lowest BCUT2D eigenvalue weighted by atomic mass is 9.45. The van der Waals surface area contributed by atoms with Gasteiger partial charge < -0.3 is 14.7 Å². The molecule has 1 saturated heterocycles. The van der Waals surface area contributed by atoms with Gasteiger partial charge in [0.2, 0.25) is 5.91 Å². The third kappa shape index (κ3) is 4.15. The molecule has 0 aromatic carbocycles. The van der Waals surface area contributed by atoms with Gasteiger partial charge in [-0.15, -0.1) is 0 Å². The maximum absolute atomic E-state index is 13.7. The summed E-state index contributed by atoms with van der Waals surface area (Å²) in [5.74, 6) is 2.69. The van der Waals surface area contributed by atoms with E-state index < -0.39 is 5.97 Å². The summed E-state index contributed by atoms with van der Waals surface area (Å²) < 4.78 is 5.73. The maximum atomic E-state index is 13.7. The number of rotatable bonds is 4. The van der Waals surface area contributed by atoms with E-state index >= 15 is 0 Å². The number of carboxylic acids is 1. The number of carboxylic acid groups (broad SMARTS) is 1. The van der Waals surface area contributed by atoms with Crippen molar-refractivity contribution >= 4 is 11.9 Å². The Kier molecular flexibility index (Phi) is 6.56. The molecule has 5 aliphatic rings. The van der Waals surface area contributed by atoms with Gasteiger partial charge in [-0.05, 0) is 107 Å². The molecule has 0 bridgehead atoms. The first-order valence-electron chi connectivity index (χ1n) is 14.0. The molecular weight excluding hydrogens is 414 g/mol. The molecule has 1 aliphatic heterocycles. The van der Waals surface area contributed by atoms with Crippen molar-refractivity contribution in [2.45, 2.75) is 115 Å². The van der Waals surface area contributed by atoms with E-state index in [9.17, 15) is 9.59 Å². The normalized spacial score (nSPS) is 43.8. The number of nitrogens with zero attached hydrogens (tertiary/aromatic N) is 1. The van der Waals surface area contributed by atoms with Crippen molar-refractivity contribution < 1.29 is 19.4 Å². The molecule has 0 spiro atoms. The van der Waals surface area contributed by atoms with E-state index in [-0.39, 0.29) is 24.2 Å². The lowest BCUT2D eigenvalue weighted by Crippen LogP contribution is -2.65. The lowest BCUT2D eigenvalue weighted by Gasteiger charge is -2.64. The quantitative estimate of drug-likeness (QED) is 0.589. The van der Waals surface area contributed by atoms with E-state index in [0.717, 1.165) is 50.5 Å². The number of aliphatic carboxylic acids is 1. The summed E-state index contributed by atoms with van der Waals surface area (Å²) in [4.78, 5) is 27.0. The molecule has 1 unspecified atom stereocenters. The predicted molar refractivity (Wildman–Crippen MR) is 128 cm³/mol. The van der Waals surface area contributed by atoms with E-state index in [2.05, 4.69) is 18.7 Å². The van der Waals surface area contributed by atoms with Crippen LogP contribution in [0, 0.1) is 35.0 Å². The van der Waals surface area contributed by atoms with Gasteiger partial charge >= 0.3 is 5.97 Å². The Balaban J connectivity index is 1.31. The predicted octanol–water partition coefficient (Wildman–Crippen LogP) is 5.66. The van der Waals surface area contributed by atoms with Crippen molar-refractivity contribution in [2.75, 3.05) is 13.2 Å². The minimum absolute atomic E-state index is 0.0545. The zero-order valence-electron chi connectivity index (χ0n) is 20.9. The van der Waals surface area contributed by atoms with Gasteiger partial charge in [-0.1, -0.05) is 26.2 Å². The molecule has 5 rings (SSSR count). The van der Waals surface area contributed by atoms with E-state index in [1.54, 1.807) is 0 Å². The number of piperidine rings is 1. The van der Waals surface area contributed by atoms with Crippen LogP contribution >= 0.6 is 0 Å². The minimum atomic E-state index is -0.858. The Morgan fingerprint density at radius 3 is 2.45 bits per heavy atom. The molecule has 0 aromatic heterocycles. The molecule has 33 heavy (non-hydrogen) atoms. The second kappa shape index (κ2) is 9.17. The van der Waals surface area contributed by atoms with Gasteiger partial charge in [0.05, 0.1) is 6.10 Å². The third-order valence-electron chi connectivity index (χ3n) is 11.2. The first-order chi connectivity index (χ1) is 15.8. The fraction of sp³-hybridized carbons (Fsp3) is 0.929. The largest absolute Gasteiger partial charge is 0.480 e. The lowest BCUT2D eigenvalue weighted by molar-refractivity contribution is -0.172. The summed E-state index contributed by atoms with van der Waals surface area (Å²) in [6, 6.07) is 0. The number of likely N-dealkylation sites (tertiary alicyclic amines) is 1. The highest BCUT2D eigenvalue weighted by Gasteiger charge is 2.59. The second-order valence-electron chi connectivity index (χ2n) is 12.6. The van der Waals surface area contributed by atoms with Crippen LogP contribution in [0.5, 0.6) is 0 Å². The van der Waals surface area contributed by atoms with Crippen LogP contribution in [0.15, 0.2) is 0 Å². The summed E-state index contributed by atoms with van der Waals surface area (Å²) in [6.07, 6.45) is 16.7. The van der Waals surface area contributed by atoms with Crippen LogP contribution in [0.3, 0.4) is 0 Å². The van der Waals surface area contributed by atoms with Crippen LogP contribution < -0.4 is 0 Å². The number of carbonyl (C=O) groups is 2. The van der Waals surface area contributed by atoms with Crippen LogP contribution in [-0.4, -0.2) is 46.7 Å². The topological polar surface area (TPSA) is 66.8 Å². The first kappa shape index (κ1) is 23.6. The number of carbonyl (C=O) groups excluding carboxylic acids is 1. The zero-order valence-corrected chi connectivity index (χ0v) is 20.9. The Morgan fingerprint density at radius 1 is 0.909 bits per heavy atom. The van der Waals surface area contributed by atoms with Gasteiger partial charge in [-0.25, -0.2) is 4.79 Å². The Morgan fingerprint density at radius 2 is 1.70 bits per heavy atom. The highest BCUT2D eigenvalue weighted by molar-refractivity contribution is 5.80. The summed E-state index contributed by atoms with van der Waals surface area (Å²) in [6.45, 7) is 5.80. The van der Waals surface area contributed by atoms with Crippen molar-refractivity contribution in [3.8, 4) is 0 Å². The third-order valence-corrected chi connectivity index (χ3v) is 11.2. The van der Waals surface area contributed by atoms with Crippen molar-refractivity contribution in [3.63, 3.8) is 0 Å². The average Bonchev–Trinajstić information content (AvgIpc) is 2.81. The van der Waals surface area contributed by atoms with E-state index in [0.29, 0.717) is 23.2 Å². The molecule has 4 aliphatic carbocycles. The summed E-state index contributed by atoms with van der Waals surface area (Å²) >= 11 is 0. The standard InChI is InChI=1S/C28H45NO4/c1-27-14-12-21(33-18-25(30)31)17-20(27)10-11-22-23(27)13-15-28(2)24(22)9-6-16-29(28)26(32)19-7-4-3-5-8-19/h19-24H,3-18H2,1-2H3,(H,30,31)/t20?,21-,22+,23-,24-,27-,28-/m0/s1. The molecule has 1 N–H and O–H groups in total. The van der Waals surface area contributed by atoms with Gasteiger partial charge in [0.25, 0.3) is 0 Å². The van der Waals surface area contributed by atoms with Crippen molar-refractivity contribution in [1.29, 1.82) is 0 Å². The van der Waals surface area contributed by atoms with E-state index in [1.807, 2.05) is 0 Å². The first-order valence-corrected chi connectivity index (χ1v) is 14.0.